The Bertz CT molecular complexity index is 922. The van der Waals surface area contributed by atoms with Crippen LogP contribution in [0.1, 0.15) is 12.1 Å². The summed E-state index contributed by atoms with van der Waals surface area (Å²) >= 11 is 0. The van der Waals surface area contributed by atoms with Crippen molar-refractivity contribution in [1.82, 2.24) is 14.2 Å². The highest BCUT2D eigenvalue weighted by molar-refractivity contribution is 7.89. The minimum Gasteiger partial charge on any atom is -0.483 e. The zero-order valence-corrected chi connectivity index (χ0v) is 16.8. The van der Waals surface area contributed by atoms with Crippen LogP contribution in [-0.4, -0.2) is 68.1 Å². The van der Waals surface area contributed by atoms with E-state index in [0.29, 0.717) is 32.0 Å². The van der Waals surface area contributed by atoms with Crippen molar-refractivity contribution in [3.63, 3.8) is 0 Å². The maximum atomic E-state index is 13.2. The molecule has 150 valence electrons. The normalized spacial score (nSPS) is 24.6. The first-order valence-corrected chi connectivity index (χ1v) is 10.9. The van der Waals surface area contributed by atoms with E-state index in [0.717, 1.165) is 25.2 Å². The van der Waals surface area contributed by atoms with Crippen molar-refractivity contribution in [2.24, 2.45) is 0 Å². The van der Waals surface area contributed by atoms with Crippen molar-refractivity contribution in [2.75, 3.05) is 39.9 Å². The minimum atomic E-state index is -3.63. The van der Waals surface area contributed by atoms with Crippen LogP contribution in [0.4, 0.5) is 0 Å². The molecule has 1 aromatic carbocycles. The van der Waals surface area contributed by atoms with E-state index in [1.54, 1.807) is 31.5 Å². The second-order valence-corrected chi connectivity index (χ2v) is 9.25. The number of likely N-dealkylation sites (tertiary alicyclic amines) is 1. The molecule has 0 N–H and O–H groups in total. The molecule has 8 heteroatoms. The topological polar surface area (TPSA) is 72.0 Å². The Kier molecular flexibility index (Phi) is 5.37. The molecule has 2 aliphatic heterocycles. The maximum Gasteiger partial charge on any atom is 0.246 e. The number of benzene rings is 1. The summed E-state index contributed by atoms with van der Waals surface area (Å²) in [5.74, 6) is 0.433. The van der Waals surface area contributed by atoms with Crippen molar-refractivity contribution in [2.45, 2.75) is 23.5 Å². The van der Waals surface area contributed by atoms with E-state index < -0.39 is 15.6 Å². The fraction of sp³-hybridized carbons (Fsp3) is 0.450. The molecular weight excluding hydrogens is 378 g/mol. The summed E-state index contributed by atoms with van der Waals surface area (Å²) < 4.78 is 39.5. The largest absolute Gasteiger partial charge is 0.483 e. The molecular formula is C20H25N3O4S. The Labute approximate surface area is 165 Å². The minimum absolute atomic E-state index is 0.228. The van der Waals surface area contributed by atoms with Gasteiger partial charge in [0, 0.05) is 45.9 Å². The SMILES string of the molecule is COCCN1C[C@@]2(CCN(Cc3ccccn3)C2)Oc2ccccc2S1(=O)=O. The zero-order chi connectivity index (χ0) is 19.6. The number of sulfonamides is 1. The molecule has 0 saturated carbocycles. The molecule has 4 rings (SSSR count). The van der Waals surface area contributed by atoms with Crippen LogP contribution in [0.2, 0.25) is 0 Å². The molecule has 28 heavy (non-hydrogen) atoms. The monoisotopic (exact) mass is 403 g/mol. The van der Waals surface area contributed by atoms with E-state index in [1.807, 2.05) is 24.3 Å². The Morgan fingerprint density at radius 1 is 1.18 bits per heavy atom. The number of ether oxygens (including phenoxy) is 2. The van der Waals surface area contributed by atoms with Crippen LogP contribution in [0.25, 0.3) is 0 Å². The third kappa shape index (κ3) is 3.77. The molecule has 0 amide bonds. The van der Waals surface area contributed by atoms with Gasteiger partial charge in [-0.3, -0.25) is 9.88 Å². The average Bonchev–Trinajstić information content (AvgIpc) is 3.04. The summed E-state index contributed by atoms with van der Waals surface area (Å²) in [6, 6.07) is 12.8. The number of fused-ring (bicyclic) bond motifs is 1. The maximum absolute atomic E-state index is 13.2. The molecule has 1 spiro atoms. The van der Waals surface area contributed by atoms with E-state index >= 15 is 0 Å². The van der Waals surface area contributed by atoms with Crippen molar-refractivity contribution >= 4 is 10.0 Å². The van der Waals surface area contributed by atoms with Crippen molar-refractivity contribution in [3.8, 4) is 5.75 Å². The summed E-state index contributed by atoms with van der Waals surface area (Å²) in [7, 11) is -2.06. The summed E-state index contributed by atoms with van der Waals surface area (Å²) in [4.78, 5) is 6.91. The Balaban J connectivity index is 1.62. The fourth-order valence-electron chi connectivity index (χ4n) is 3.95. The van der Waals surface area contributed by atoms with E-state index in [2.05, 4.69) is 9.88 Å². The molecule has 2 aliphatic rings. The first-order valence-electron chi connectivity index (χ1n) is 9.42. The van der Waals surface area contributed by atoms with Gasteiger partial charge >= 0.3 is 0 Å². The van der Waals surface area contributed by atoms with Gasteiger partial charge < -0.3 is 9.47 Å². The number of hydrogen-bond donors (Lipinski definition) is 0. The van der Waals surface area contributed by atoms with Gasteiger partial charge in [0.05, 0.1) is 18.8 Å². The molecule has 0 unspecified atom stereocenters. The van der Waals surface area contributed by atoms with Crippen LogP contribution in [-0.2, 0) is 21.3 Å². The number of aromatic nitrogens is 1. The lowest BCUT2D eigenvalue weighted by atomic mass is 10.0. The van der Waals surface area contributed by atoms with Gasteiger partial charge in [0.1, 0.15) is 16.2 Å². The van der Waals surface area contributed by atoms with Gasteiger partial charge in [-0.15, -0.1) is 0 Å². The highest BCUT2D eigenvalue weighted by atomic mass is 32.2. The third-order valence-electron chi connectivity index (χ3n) is 5.31. The van der Waals surface area contributed by atoms with Crippen LogP contribution < -0.4 is 4.74 Å². The predicted molar refractivity (Wildman–Crippen MR) is 105 cm³/mol. The summed E-state index contributed by atoms with van der Waals surface area (Å²) in [5.41, 5.74) is 0.416. The van der Waals surface area contributed by atoms with Gasteiger partial charge in [-0.25, -0.2) is 8.42 Å². The zero-order valence-electron chi connectivity index (χ0n) is 16.0. The first-order chi connectivity index (χ1) is 13.5. The second-order valence-electron chi connectivity index (χ2n) is 7.34. The molecule has 3 heterocycles. The first kappa shape index (κ1) is 19.3. The van der Waals surface area contributed by atoms with E-state index in [9.17, 15) is 8.42 Å². The average molecular weight is 404 g/mol. The Morgan fingerprint density at radius 3 is 2.79 bits per heavy atom. The standard InChI is InChI=1S/C20H25N3O4S/c1-26-13-12-23-16-20(27-18-7-2-3-8-19(18)28(23,24)25)9-11-22(15-20)14-17-6-4-5-10-21-17/h2-8,10H,9,11-16H2,1H3/t20-/m0/s1. The molecule has 1 aromatic heterocycles. The number of rotatable bonds is 5. The molecule has 7 nitrogen and oxygen atoms in total. The van der Waals surface area contributed by atoms with Gasteiger partial charge in [0.15, 0.2) is 0 Å². The molecule has 0 aliphatic carbocycles. The number of methoxy groups -OCH3 is 1. The van der Waals surface area contributed by atoms with E-state index in [4.69, 9.17) is 9.47 Å². The lowest BCUT2D eigenvalue weighted by Gasteiger charge is -2.32. The highest BCUT2D eigenvalue weighted by Gasteiger charge is 2.47. The van der Waals surface area contributed by atoms with Gasteiger partial charge in [-0.1, -0.05) is 18.2 Å². The molecule has 0 bridgehead atoms. The van der Waals surface area contributed by atoms with Gasteiger partial charge in [0.25, 0.3) is 0 Å². The van der Waals surface area contributed by atoms with Gasteiger partial charge in [-0.05, 0) is 24.3 Å². The highest BCUT2D eigenvalue weighted by Crippen LogP contribution is 2.38. The van der Waals surface area contributed by atoms with Crippen molar-refractivity contribution in [3.05, 3.63) is 54.4 Å². The number of pyridine rings is 1. The smallest absolute Gasteiger partial charge is 0.246 e. The van der Waals surface area contributed by atoms with Crippen LogP contribution in [0, 0.1) is 0 Å². The van der Waals surface area contributed by atoms with Crippen LogP contribution in [0.15, 0.2) is 53.6 Å². The molecule has 1 saturated heterocycles. The number of nitrogens with zero attached hydrogens (tertiary/aromatic N) is 3. The lowest BCUT2D eigenvalue weighted by molar-refractivity contribution is 0.0532. The molecule has 2 aromatic rings. The Hall–Kier alpha value is -2.00. The second kappa shape index (κ2) is 7.79. The van der Waals surface area contributed by atoms with Crippen LogP contribution >= 0.6 is 0 Å². The van der Waals surface area contributed by atoms with Crippen molar-refractivity contribution in [1.29, 1.82) is 0 Å². The van der Waals surface area contributed by atoms with Crippen LogP contribution in [0.3, 0.4) is 0 Å². The molecule has 1 fully saturated rings. The van der Waals surface area contributed by atoms with E-state index in [-0.39, 0.29) is 4.90 Å². The quantitative estimate of drug-likeness (QED) is 0.758. The van der Waals surface area contributed by atoms with E-state index in [1.165, 1.54) is 4.31 Å². The molecule has 0 radical (unpaired) electrons. The third-order valence-corrected chi connectivity index (χ3v) is 7.19. The van der Waals surface area contributed by atoms with Gasteiger partial charge in [0.2, 0.25) is 10.0 Å². The Morgan fingerprint density at radius 2 is 2.00 bits per heavy atom. The van der Waals surface area contributed by atoms with Gasteiger partial charge in [-0.2, -0.15) is 4.31 Å². The summed E-state index contributed by atoms with van der Waals surface area (Å²) in [6.45, 7) is 3.16. The number of hydrogen-bond acceptors (Lipinski definition) is 6. The lowest BCUT2D eigenvalue weighted by Crippen LogP contribution is -2.49. The number of para-hydroxylation sites is 1. The molecule has 1 atom stereocenters. The summed E-state index contributed by atoms with van der Waals surface area (Å²) in [6.07, 6.45) is 2.55. The summed E-state index contributed by atoms with van der Waals surface area (Å²) in [5, 5.41) is 0. The van der Waals surface area contributed by atoms with Crippen LogP contribution in [0.5, 0.6) is 5.75 Å². The van der Waals surface area contributed by atoms with Crippen molar-refractivity contribution < 1.29 is 17.9 Å². The predicted octanol–water partition coefficient (Wildman–Crippen LogP) is 1.76. The fourth-order valence-corrected chi connectivity index (χ4v) is 5.56.